The molecule has 0 saturated carbocycles. The molecule has 1 saturated heterocycles. The summed E-state index contributed by atoms with van der Waals surface area (Å²) in [6.07, 6.45) is -2.45. The number of pyridine rings is 2. The van der Waals surface area contributed by atoms with E-state index < -0.39 is 24.2 Å². The molecular formula is C19H17BrClF3N6O2. The number of anilines is 3. The Balaban J connectivity index is 1.68. The summed E-state index contributed by atoms with van der Waals surface area (Å²) in [6.45, 7) is 2.01. The van der Waals surface area contributed by atoms with E-state index >= 15 is 0 Å². The molecule has 3 amide bonds. The third-order valence-electron chi connectivity index (χ3n) is 5.26. The lowest BCUT2D eigenvalue weighted by atomic mass is 10.1. The van der Waals surface area contributed by atoms with Crippen molar-refractivity contribution in [2.75, 3.05) is 28.2 Å². The molecule has 4 rings (SSSR count). The first-order valence-corrected chi connectivity index (χ1v) is 10.8. The second-order valence-corrected chi connectivity index (χ2v) is 8.77. The molecule has 4 heterocycles. The van der Waals surface area contributed by atoms with Crippen LogP contribution in [0.4, 0.5) is 35.3 Å². The van der Waals surface area contributed by atoms with E-state index in [0.717, 1.165) is 11.4 Å². The van der Waals surface area contributed by atoms with Crippen LogP contribution in [0.1, 0.15) is 23.8 Å². The summed E-state index contributed by atoms with van der Waals surface area (Å²) < 4.78 is 39.3. The van der Waals surface area contributed by atoms with Crippen molar-refractivity contribution in [1.29, 1.82) is 0 Å². The van der Waals surface area contributed by atoms with Crippen LogP contribution in [0.25, 0.3) is 0 Å². The van der Waals surface area contributed by atoms with Crippen LogP contribution in [0.2, 0.25) is 5.02 Å². The Hall–Kier alpha value is -2.60. The molecule has 2 aliphatic heterocycles. The maximum absolute atomic E-state index is 13.1. The average molecular weight is 534 g/mol. The van der Waals surface area contributed by atoms with Crippen LogP contribution in [0.5, 0.6) is 0 Å². The summed E-state index contributed by atoms with van der Waals surface area (Å²) in [6, 6.07) is 1.94. The van der Waals surface area contributed by atoms with Crippen LogP contribution in [0, 0.1) is 0 Å². The Kier molecular flexibility index (Phi) is 5.93. The molecule has 0 aromatic carbocycles. The van der Waals surface area contributed by atoms with Gasteiger partial charge in [-0.05, 0) is 31.5 Å². The normalized spacial score (nSPS) is 18.2. The van der Waals surface area contributed by atoms with Crippen LogP contribution in [-0.4, -0.2) is 53.3 Å². The van der Waals surface area contributed by atoms with Crippen LogP contribution in [0.15, 0.2) is 28.9 Å². The van der Waals surface area contributed by atoms with Crippen molar-refractivity contribution >= 4 is 56.8 Å². The molecule has 170 valence electrons. The number of carbonyl (C=O) groups is 2. The number of carbonyl (C=O) groups excluding carboxylic acids is 2. The molecule has 1 fully saturated rings. The highest BCUT2D eigenvalue weighted by Crippen LogP contribution is 2.41. The van der Waals surface area contributed by atoms with Crippen molar-refractivity contribution in [3.63, 3.8) is 0 Å². The number of aromatic nitrogens is 2. The van der Waals surface area contributed by atoms with Gasteiger partial charge in [0.1, 0.15) is 17.6 Å². The molecule has 0 aliphatic carbocycles. The predicted molar refractivity (Wildman–Crippen MR) is 116 cm³/mol. The predicted octanol–water partition coefficient (Wildman–Crippen LogP) is 4.20. The Bertz CT molecular complexity index is 1090. The van der Waals surface area contributed by atoms with Gasteiger partial charge in [-0.15, -0.1) is 0 Å². The summed E-state index contributed by atoms with van der Waals surface area (Å²) in [5.41, 5.74) is 0.143. The SMILES string of the molecule is C[C@@H](NC(=O)c1nc2c(cc1Cl)N1CCC(C1)N2C(=O)Nc1cc(Br)ccn1)C(F)(F)F. The number of rotatable bonds is 3. The van der Waals surface area contributed by atoms with Gasteiger partial charge in [0.2, 0.25) is 0 Å². The van der Waals surface area contributed by atoms with E-state index in [1.807, 2.05) is 10.2 Å². The van der Waals surface area contributed by atoms with E-state index in [9.17, 15) is 22.8 Å². The molecule has 13 heteroatoms. The number of amides is 3. The van der Waals surface area contributed by atoms with Crippen LogP contribution < -0.4 is 20.4 Å². The highest BCUT2D eigenvalue weighted by Gasteiger charge is 2.42. The summed E-state index contributed by atoms with van der Waals surface area (Å²) >= 11 is 9.51. The highest BCUT2D eigenvalue weighted by atomic mass is 79.9. The smallest absolute Gasteiger partial charge is 0.366 e. The van der Waals surface area contributed by atoms with Gasteiger partial charge in [-0.2, -0.15) is 13.2 Å². The van der Waals surface area contributed by atoms with Gasteiger partial charge in [0, 0.05) is 23.8 Å². The number of halogens is 5. The summed E-state index contributed by atoms with van der Waals surface area (Å²) in [4.78, 5) is 37.3. The van der Waals surface area contributed by atoms with Crippen molar-refractivity contribution in [2.45, 2.75) is 31.6 Å². The van der Waals surface area contributed by atoms with Crippen molar-refractivity contribution in [1.82, 2.24) is 15.3 Å². The van der Waals surface area contributed by atoms with E-state index in [0.29, 0.717) is 31.0 Å². The topological polar surface area (TPSA) is 90.5 Å². The number of fused-ring (bicyclic) bond motifs is 4. The Labute approximate surface area is 194 Å². The molecule has 32 heavy (non-hydrogen) atoms. The lowest BCUT2D eigenvalue weighted by molar-refractivity contribution is -0.149. The number of nitrogens with one attached hydrogen (secondary N) is 2. The zero-order chi connectivity index (χ0) is 23.2. The van der Waals surface area contributed by atoms with Crippen molar-refractivity contribution < 1.29 is 22.8 Å². The van der Waals surface area contributed by atoms with Gasteiger partial charge in [-0.1, -0.05) is 27.5 Å². The molecule has 2 aromatic heterocycles. The molecule has 2 aliphatic rings. The van der Waals surface area contributed by atoms with Gasteiger partial charge < -0.3 is 10.2 Å². The van der Waals surface area contributed by atoms with Gasteiger partial charge in [0.25, 0.3) is 5.91 Å². The monoisotopic (exact) mass is 532 g/mol. The van der Waals surface area contributed by atoms with E-state index in [2.05, 4.69) is 31.2 Å². The fourth-order valence-electron chi connectivity index (χ4n) is 3.63. The van der Waals surface area contributed by atoms with Crippen LogP contribution >= 0.6 is 27.5 Å². The molecule has 0 spiro atoms. The fraction of sp³-hybridized carbons (Fsp3) is 0.368. The third kappa shape index (κ3) is 4.33. The first kappa shape index (κ1) is 22.6. The van der Waals surface area contributed by atoms with Gasteiger partial charge in [0.15, 0.2) is 5.82 Å². The summed E-state index contributed by atoms with van der Waals surface area (Å²) in [7, 11) is 0. The number of hydrogen-bond acceptors (Lipinski definition) is 5. The standard InChI is InChI=1S/C19H17BrClF3N6O2/c1-9(19(22,23)24)26-17(31)15-12(21)7-13-16(28-15)30(11-3-5-29(13)8-11)18(32)27-14-6-10(20)2-4-25-14/h2,4,6-7,9,11H,3,5,8H2,1H3,(H,26,31)(H,25,27,32)/t9-,11?/m1/s1. The zero-order valence-electron chi connectivity index (χ0n) is 16.6. The maximum atomic E-state index is 13.1. The Morgan fingerprint density at radius 2 is 2.09 bits per heavy atom. The quantitative estimate of drug-likeness (QED) is 0.617. The highest BCUT2D eigenvalue weighted by molar-refractivity contribution is 9.10. The third-order valence-corrected chi connectivity index (χ3v) is 6.04. The molecule has 2 bridgehead atoms. The van der Waals surface area contributed by atoms with Gasteiger partial charge in [0.05, 0.1) is 16.8 Å². The summed E-state index contributed by atoms with van der Waals surface area (Å²) in [5.74, 6) is -0.623. The molecule has 8 nitrogen and oxygen atoms in total. The number of nitrogens with zero attached hydrogens (tertiary/aromatic N) is 4. The Morgan fingerprint density at radius 1 is 1.34 bits per heavy atom. The Morgan fingerprint density at radius 3 is 2.78 bits per heavy atom. The van der Waals surface area contributed by atoms with E-state index in [4.69, 9.17) is 11.6 Å². The molecule has 2 atom stereocenters. The fourth-order valence-corrected chi connectivity index (χ4v) is 4.20. The largest absolute Gasteiger partial charge is 0.408 e. The first-order chi connectivity index (χ1) is 15.0. The van der Waals surface area contributed by atoms with Gasteiger partial charge >= 0.3 is 12.2 Å². The number of alkyl halides is 3. The molecule has 2 N–H and O–H groups in total. The molecule has 2 aromatic rings. The van der Waals surface area contributed by atoms with Crippen LogP contribution in [0.3, 0.4) is 0 Å². The lowest BCUT2D eigenvalue weighted by Gasteiger charge is -2.36. The minimum atomic E-state index is -4.62. The van der Waals surface area contributed by atoms with Crippen LogP contribution in [-0.2, 0) is 0 Å². The van der Waals surface area contributed by atoms with Crippen molar-refractivity contribution in [3.8, 4) is 0 Å². The molecule has 0 radical (unpaired) electrons. The molecule has 1 unspecified atom stereocenters. The second kappa shape index (κ2) is 8.39. The van der Waals surface area contributed by atoms with Crippen molar-refractivity contribution in [3.05, 3.63) is 39.6 Å². The molecular weight excluding hydrogens is 517 g/mol. The van der Waals surface area contributed by atoms with E-state index in [-0.39, 0.29) is 22.6 Å². The first-order valence-electron chi connectivity index (χ1n) is 9.59. The minimum Gasteiger partial charge on any atom is -0.366 e. The van der Waals surface area contributed by atoms with E-state index in [1.165, 1.54) is 17.2 Å². The number of hydrogen-bond donors (Lipinski definition) is 2. The number of urea groups is 1. The minimum absolute atomic E-state index is 0.102. The maximum Gasteiger partial charge on any atom is 0.408 e. The average Bonchev–Trinajstić information content (AvgIpc) is 3.12. The zero-order valence-corrected chi connectivity index (χ0v) is 18.9. The van der Waals surface area contributed by atoms with Gasteiger partial charge in [-0.3, -0.25) is 15.0 Å². The van der Waals surface area contributed by atoms with Crippen molar-refractivity contribution in [2.24, 2.45) is 0 Å². The lowest BCUT2D eigenvalue weighted by Crippen LogP contribution is -2.49. The van der Waals surface area contributed by atoms with E-state index in [1.54, 1.807) is 12.1 Å². The second-order valence-electron chi connectivity index (χ2n) is 7.45. The van der Waals surface area contributed by atoms with Gasteiger partial charge in [-0.25, -0.2) is 14.8 Å². The summed E-state index contributed by atoms with van der Waals surface area (Å²) in [5, 5.41) is 4.45.